The molecule has 0 bridgehead atoms. The molecule has 0 spiro atoms. The summed E-state index contributed by atoms with van der Waals surface area (Å²) in [4.78, 5) is 20.6. The average molecular weight is 383 g/mol. The highest BCUT2D eigenvalue weighted by Crippen LogP contribution is 2.25. The van der Waals surface area contributed by atoms with E-state index in [1.54, 1.807) is 12.1 Å². The van der Waals surface area contributed by atoms with Crippen molar-refractivity contribution in [2.24, 2.45) is 0 Å². The number of hydrogen-bond acceptors (Lipinski definition) is 5. The minimum absolute atomic E-state index is 0.244. The van der Waals surface area contributed by atoms with Crippen molar-refractivity contribution in [3.05, 3.63) is 77.1 Å². The summed E-state index contributed by atoms with van der Waals surface area (Å²) in [6, 6.07) is 14.8. The van der Waals surface area contributed by atoms with Gasteiger partial charge in [-0.1, -0.05) is 35.9 Å². The highest BCUT2D eigenvalue weighted by atomic mass is 35.5. The molecule has 3 aromatic rings. The Morgan fingerprint density at radius 2 is 1.78 bits per heavy atom. The van der Waals surface area contributed by atoms with Crippen LogP contribution in [-0.4, -0.2) is 22.5 Å². The summed E-state index contributed by atoms with van der Waals surface area (Å²) in [5.74, 6) is 0.857. The summed E-state index contributed by atoms with van der Waals surface area (Å²) < 4.78 is 5.56. The van der Waals surface area contributed by atoms with Gasteiger partial charge >= 0.3 is 0 Å². The number of para-hydroxylation sites is 2. The van der Waals surface area contributed by atoms with E-state index in [0.717, 1.165) is 11.3 Å². The summed E-state index contributed by atoms with van der Waals surface area (Å²) in [6.45, 7) is 2.88. The first-order valence-corrected chi connectivity index (χ1v) is 8.87. The van der Waals surface area contributed by atoms with Crippen molar-refractivity contribution in [3.8, 4) is 5.75 Å². The Bertz CT molecular complexity index is 899. The molecule has 3 rings (SSSR count). The van der Waals surface area contributed by atoms with Crippen LogP contribution in [0.3, 0.4) is 0 Å². The zero-order valence-corrected chi connectivity index (χ0v) is 15.5. The summed E-state index contributed by atoms with van der Waals surface area (Å²) in [6.07, 6.45) is 2.96. The summed E-state index contributed by atoms with van der Waals surface area (Å²) in [7, 11) is 0. The lowest BCUT2D eigenvalue weighted by Gasteiger charge is -2.11. The Balaban J connectivity index is 1.61. The van der Waals surface area contributed by atoms with Crippen LogP contribution in [0.1, 0.15) is 22.8 Å². The molecule has 138 valence electrons. The number of hydrogen-bond donors (Lipinski definition) is 2. The van der Waals surface area contributed by atoms with E-state index in [0.29, 0.717) is 35.4 Å². The van der Waals surface area contributed by atoms with Gasteiger partial charge in [-0.3, -0.25) is 4.79 Å². The number of aromatic nitrogens is 2. The average Bonchev–Trinajstić information content (AvgIpc) is 2.69. The topological polar surface area (TPSA) is 76.1 Å². The maximum Gasteiger partial charge on any atom is 0.254 e. The third-order valence-electron chi connectivity index (χ3n) is 3.71. The van der Waals surface area contributed by atoms with E-state index < -0.39 is 0 Å². The largest absolute Gasteiger partial charge is 0.492 e. The van der Waals surface area contributed by atoms with Crippen molar-refractivity contribution in [3.63, 3.8) is 0 Å². The monoisotopic (exact) mass is 382 g/mol. The predicted octanol–water partition coefficient (Wildman–Crippen LogP) is 4.20. The van der Waals surface area contributed by atoms with E-state index in [2.05, 4.69) is 20.6 Å². The van der Waals surface area contributed by atoms with Gasteiger partial charge in [0.2, 0.25) is 5.95 Å². The molecule has 2 aromatic carbocycles. The molecule has 1 aromatic heterocycles. The third-order valence-corrected chi connectivity index (χ3v) is 3.97. The summed E-state index contributed by atoms with van der Waals surface area (Å²) in [5, 5.41) is 6.58. The van der Waals surface area contributed by atoms with Gasteiger partial charge in [-0.15, -0.1) is 0 Å². The lowest BCUT2D eigenvalue weighted by atomic mass is 10.2. The zero-order chi connectivity index (χ0) is 19.1. The molecule has 0 aliphatic carbocycles. The second kappa shape index (κ2) is 9.00. The lowest BCUT2D eigenvalue weighted by Crippen LogP contribution is -2.23. The number of ether oxygens (including phenoxy) is 1. The van der Waals surface area contributed by atoms with Gasteiger partial charge in [0.25, 0.3) is 5.91 Å². The number of nitrogens with one attached hydrogen (secondary N) is 2. The minimum atomic E-state index is -0.244. The number of carbonyl (C=O) groups excluding carboxylic acids is 1. The minimum Gasteiger partial charge on any atom is -0.492 e. The molecule has 0 radical (unpaired) electrons. The Morgan fingerprint density at radius 3 is 2.48 bits per heavy atom. The lowest BCUT2D eigenvalue weighted by molar-refractivity contribution is 0.0950. The first kappa shape index (κ1) is 18.7. The van der Waals surface area contributed by atoms with Crippen LogP contribution in [0.25, 0.3) is 0 Å². The van der Waals surface area contributed by atoms with Crippen LogP contribution in [-0.2, 0) is 6.54 Å². The Labute approximate surface area is 162 Å². The van der Waals surface area contributed by atoms with Gasteiger partial charge in [0, 0.05) is 24.0 Å². The molecule has 7 heteroatoms. The predicted molar refractivity (Wildman–Crippen MR) is 106 cm³/mol. The fraction of sp³-hybridized carbons (Fsp3) is 0.150. The smallest absolute Gasteiger partial charge is 0.254 e. The first-order valence-electron chi connectivity index (χ1n) is 8.49. The molecule has 0 unspecified atom stereocenters. The second-order valence-electron chi connectivity index (χ2n) is 5.66. The van der Waals surface area contributed by atoms with Gasteiger partial charge in [0.1, 0.15) is 5.75 Å². The van der Waals surface area contributed by atoms with Crippen molar-refractivity contribution in [2.75, 3.05) is 11.9 Å². The van der Waals surface area contributed by atoms with E-state index in [-0.39, 0.29) is 5.91 Å². The van der Waals surface area contributed by atoms with E-state index in [1.807, 2.05) is 43.3 Å². The third kappa shape index (κ3) is 5.18. The molecule has 2 N–H and O–H groups in total. The van der Waals surface area contributed by atoms with Crippen LogP contribution in [0.5, 0.6) is 5.75 Å². The maximum atomic E-state index is 12.2. The zero-order valence-electron chi connectivity index (χ0n) is 14.8. The molecule has 0 aliphatic rings. The SMILES string of the molecule is CCOc1ccccc1Nc1ncc(C(=O)NCc2ccc(Cl)cc2)cn1. The van der Waals surface area contributed by atoms with Crippen LogP contribution in [0, 0.1) is 0 Å². The summed E-state index contributed by atoms with van der Waals surface area (Å²) in [5.41, 5.74) is 2.10. The fourth-order valence-corrected chi connectivity index (χ4v) is 2.49. The van der Waals surface area contributed by atoms with Crippen molar-refractivity contribution in [1.82, 2.24) is 15.3 Å². The Hall–Kier alpha value is -3.12. The number of carbonyl (C=O) groups is 1. The van der Waals surface area contributed by atoms with Crippen molar-refractivity contribution >= 4 is 29.1 Å². The van der Waals surface area contributed by atoms with Crippen molar-refractivity contribution < 1.29 is 9.53 Å². The van der Waals surface area contributed by atoms with Gasteiger partial charge in [-0.05, 0) is 36.8 Å². The van der Waals surface area contributed by atoms with Crippen LogP contribution in [0.2, 0.25) is 5.02 Å². The highest BCUT2D eigenvalue weighted by molar-refractivity contribution is 6.30. The van der Waals surface area contributed by atoms with Gasteiger partial charge in [-0.25, -0.2) is 9.97 Å². The molecule has 0 aliphatic heterocycles. The standard InChI is InChI=1S/C20H19ClN4O2/c1-2-27-18-6-4-3-5-17(18)25-20-23-12-15(13-24-20)19(26)22-11-14-7-9-16(21)10-8-14/h3-10,12-13H,2,11H2,1H3,(H,22,26)(H,23,24,25). The van der Waals surface area contributed by atoms with E-state index >= 15 is 0 Å². The van der Waals surface area contributed by atoms with E-state index in [1.165, 1.54) is 12.4 Å². The van der Waals surface area contributed by atoms with Crippen molar-refractivity contribution in [2.45, 2.75) is 13.5 Å². The van der Waals surface area contributed by atoms with Crippen molar-refractivity contribution in [1.29, 1.82) is 0 Å². The van der Waals surface area contributed by atoms with Gasteiger partial charge in [0.15, 0.2) is 0 Å². The molecule has 1 heterocycles. The Kier molecular flexibility index (Phi) is 6.22. The molecule has 0 fully saturated rings. The number of halogens is 1. The van der Waals surface area contributed by atoms with E-state index in [4.69, 9.17) is 16.3 Å². The Morgan fingerprint density at radius 1 is 1.07 bits per heavy atom. The normalized spacial score (nSPS) is 10.3. The molecule has 1 amide bonds. The van der Waals surface area contributed by atoms with Crippen LogP contribution >= 0.6 is 11.6 Å². The quantitative estimate of drug-likeness (QED) is 0.640. The number of amides is 1. The molecule has 0 saturated heterocycles. The van der Waals surface area contributed by atoms with Crippen LogP contribution in [0.4, 0.5) is 11.6 Å². The van der Waals surface area contributed by atoms with Crippen LogP contribution in [0.15, 0.2) is 60.9 Å². The van der Waals surface area contributed by atoms with Gasteiger partial charge < -0.3 is 15.4 Å². The number of anilines is 2. The first-order chi connectivity index (χ1) is 13.2. The second-order valence-corrected chi connectivity index (χ2v) is 6.10. The molecule has 0 saturated carbocycles. The fourth-order valence-electron chi connectivity index (χ4n) is 2.37. The number of benzene rings is 2. The van der Waals surface area contributed by atoms with Crippen LogP contribution < -0.4 is 15.4 Å². The van der Waals surface area contributed by atoms with Gasteiger partial charge in [-0.2, -0.15) is 0 Å². The molecular weight excluding hydrogens is 364 g/mol. The highest BCUT2D eigenvalue weighted by Gasteiger charge is 2.09. The van der Waals surface area contributed by atoms with E-state index in [9.17, 15) is 4.79 Å². The number of rotatable bonds is 7. The van der Waals surface area contributed by atoms with Gasteiger partial charge in [0.05, 0.1) is 17.9 Å². The molecule has 6 nitrogen and oxygen atoms in total. The molecule has 27 heavy (non-hydrogen) atoms. The summed E-state index contributed by atoms with van der Waals surface area (Å²) >= 11 is 5.85. The molecular formula is C20H19ClN4O2. The number of nitrogens with zero attached hydrogens (tertiary/aromatic N) is 2. The maximum absolute atomic E-state index is 12.2. The molecule has 0 atom stereocenters.